The SMILES string of the molecule is C=C(C)[C@@H]1CC=C(CNC(=O)C(=O)NC2CCC2)CC1. The van der Waals surface area contributed by atoms with Gasteiger partial charge in [-0.3, -0.25) is 9.59 Å². The Labute approximate surface area is 120 Å². The largest absolute Gasteiger partial charge is 0.345 e. The lowest BCUT2D eigenvalue weighted by atomic mass is 9.85. The number of hydrogen-bond donors (Lipinski definition) is 2. The average molecular weight is 276 g/mol. The maximum atomic E-state index is 11.7. The van der Waals surface area contributed by atoms with Crippen molar-refractivity contribution in [3.63, 3.8) is 0 Å². The number of nitrogens with one attached hydrogen (secondary N) is 2. The molecule has 0 aromatic rings. The maximum Gasteiger partial charge on any atom is 0.309 e. The van der Waals surface area contributed by atoms with Crippen molar-refractivity contribution < 1.29 is 9.59 Å². The van der Waals surface area contributed by atoms with Crippen molar-refractivity contribution >= 4 is 11.8 Å². The zero-order chi connectivity index (χ0) is 14.5. The predicted molar refractivity (Wildman–Crippen MR) is 79.0 cm³/mol. The number of amides is 2. The van der Waals surface area contributed by atoms with Crippen molar-refractivity contribution in [1.29, 1.82) is 0 Å². The zero-order valence-corrected chi connectivity index (χ0v) is 12.2. The monoisotopic (exact) mass is 276 g/mol. The second-order valence-corrected chi connectivity index (χ2v) is 5.96. The molecule has 0 spiro atoms. The fraction of sp³-hybridized carbons (Fsp3) is 0.625. The molecular weight excluding hydrogens is 252 g/mol. The molecule has 0 heterocycles. The van der Waals surface area contributed by atoms with Gasteiger partial charge in [-0.2, -0.15) is 0 Å². The number of hydrogen-bond acceptors (Lipinski definition) is 2. The number of rotatable bonds is 4. The summed E-state index contributed by atoms with van der Waals surface area (Å²) in [5, 5.41) is 5.45. The zero-order valence-electron chi connectivity index (χ0n) is 12.2. The van der Waals surface area contributed by atoms with Gasteiger partial charge in [-0.15, -0.1) is 0 Å². The molecule has 1 saturated carbocycles. The summed E-state index contributed by atoms with van der Waals surface area (Å²) in [6.07, 6.45) is 8.36. The van der Waals surface area contributed by atoms with Crippen LogP contribution in [-0.4, -0.2) is 24.4 Å². The summed E-state index contributed by atoms with van der Waals surface area (Å²) in [4.78, 5) is 23.3. The lowest BCUT2D eigenvalue weighted by Crippen LogP contribution is -2.47. The number of allylic oxidation sites excluding steroid dienone is 2. The van der Waals surface area contributed by atoms with Gasteiger partial charge in [-0.1, -0.05) is 23.8 Å². The van der Waals surface area contributed by atoms with E-state index >= 15 is 0 Å². The molecule has 1 atom stereocenters. The van der Waals surface area contributed by atoms with Crippen molar-refractivity contribution in [2.45, 2.75) is 51.5 Å². The van der Waals surface area contributed by atoms with Crippen molar-refractivity contribution in [2.24, 2.45) is 5.92 Å². The summed E-state index contributed by atoms with van der Waals surface area (Å²) >= 11 is 0. The van der Waals surface area contributed by atoms with Crippen LogP contribution in [0.25, 0.3) is 0 Å². The van der Waals surface area contributed by atoms with Gasteiger partial charge in [0.25, 0.3) is 0 Å². The van der Waals surface area contributed by atoms with E-state index in [-0.39, 0.29) is 6.04 Å². The van der Waals surface area contributed by atoms with Crippen molar-refractivity contribution in [3.8, 4) is 0 Å². The van der Waals surface area contributed by atoms with E-state index in [9.17, 15) is 9.59 Å². The lowest BCUT2D eigenvalue weighted by Gasteiger charge is -2.26. The van der Waals surface area contributed by atoms with E-state index in [4.69, 9.17) is 0 Å². The summed E-state index contributed by atoms with van der Waals surface area (Å²) < 4.78 is 0. The van der Waals surface area contributed by atoms with Crippen molar-refractivity contribution in [2.75, 3.05) is 6.54 Å². The molecule has 0 aliphatic heterocycles. The normalized spacial score (nSPS) is 22.4. The highest BCUT2D eigenvalue weighted by atomic mass is 16.2. The quantitative estimate of drug-likeness (QED) is 0.610. The molecule has 0 saturated heterocycles. The van der Waals surface area contributed by atoms with Gasteiger partial charge in [0.2, 0.25) is 0 Å². The predicted octanol–water partition coefficient (Wildman–Crippen LogP) is 2.07. The maximum absolute atomic E-state index is 11.7. The third kappa shape index (κ3) is 3.95. The molecule has 4 nitrogen and oxygen atoms in total. The molecule has 20 heavy (non-hydrogen) atoms. The fourth-order valence-corrected chi connectivity index (χ4v) is 2.57. The summed E-state index contributed by atoms with van der Waals surface area (Å²) in [6, 6.07) is 0.207. The van der Waals surface area contributed by atoms with Crippen LogP contribution in [0.5, 0.6) is 0 Å². The average Bonchev–Trinajstić information content (AvgIpc) is 2.40. The van der Waals surface area contributed by atoms with E-state index in [2.05, 4.69) is 30.2 Å². The molecule has 110 valence electrons. The fourth-order valence-electron chi connectivity index (χ4n) is 2.57. The molecule has 2 N–H and O–H groups in total. The first-order valence-corrected chi connectivity index (χ1v) is 7.48. The highest BCUT2D eigenvalue weighted by Crippen LogP contribution is 2.27. The Kier molecular flexibility index (Phi) is 4.99. The topological polar surface area (TPSA) is 58.2 Å². The molecule has 4 heteroatoms. The first kappa shape index (κ1) is 14.8. The van der Waals surface area contributed by atoms with E-state index in [1.54, 1.807) is 0 Å². The molecule has 0 bridgehead atoms. The number of carbonyl (C=O) groups excluding carboxylic acids is 2. The van der Waals surface area contributed by atoms with Gasteiger partial charge in [0.15, 0.2) is 0 Å². The molecule has 0 aromatic carbocycles. The summed E-state index contributed by atoms with van der Waals surface area (Å²) in [7, 11) is 0. The van der Waals surface area contributed by atoms with Crippen LogP contribution in [-0.2, 0) is 9.59 Å². The molecule has 2 aliphatic rings. The van der Waals surface area contributed by atoms with E-state index in [0.29, 0.717) is 12.5 Å². The van der Waals surface area contributed by atoms with Crippen LogP contribution in [0.15, 0.2) is 23.8 Å². The Hall–Kier alpha value is -1.58. The lowest BCUT2D eigenvalue weighted by molar-refractivity contribution is -0.139. The van der Waals surface area contributed by atoms with Gasteiger partial charge in [0.1, 0.15) is 0 Å². The van der Waals surface area contributed by atoms with E-state index < -0.39 is 11.8 Å². The molecule has 2 amide bonds. The van der Waals surface area contributed by atoms with Crippen molar-refractivity contribution in [3.05, 3.63) is 23.8 Å². The second-order valence-electron chi connectivity index (χ2n) is 5.96. The number of carbonyl (C=O) groups is 2. The molecule has 1 fully saturated rings. The Bertz CT molecular complexity index is 436. The molecule has 0 radical (unpaired) electrons. The van der Waals surface area contributed by atoms with Gasteiger partial charge in [0.05, 0.1) is 0 Å². The van der Waals surface area contributed by atoms with Gasteiger partial charge < -0.3 is 10.6 Å². The Morgan fingerprint density at radius 2 is 2.05 bits per heavy atom. The summed E-state index contributed by atoms with van der Waals surface area (Å²) in [6.45, 7) is 6.54. The Morgan fingerprint density at radius 3 is 2.55 bits per heavy atom. The molecule has 0 aromatic heterocycles. The van der Waals surface area contributed by atoms with Crippen LogP contribution < -0.4 is 10.6 Å². The van der Waals surface area contributed by atoms with Gasteiger partial charge in [0, 0.05) is 12.6 Å². The second kappa shape index (κ2) is 6.73. The smallest absolute Gasteiger partial charge is 0.309 e. The highest BCUT2D eigenvalue weighted by Gasteiger charge is 2.23. The minimum absolute atomic E-state index is 0.207. The summed E-state index contributed by atoms with van der Waals surface area (Å²) in [5.41, 5.74) is 2.44. The molecule has 2 rings (SSSR count). The van der Waals surface area contributed by atoms with Crippen LogP contribution in [0.1, 0.15) is 45.4 Å². The summed E-state index contributed by atoms with van der Waals surface area (Å²) in [5.74, 6) is -0.442. The first-order valence-electron chi connectivity index (χ1n) is 7.48. The van der Waals surface area contributed by atoms with Gasteiger partial charge in [-0.05, 0) is 51.4 Å². The molecule has 2 aliphatic carbocycles. The Balaban J connectivity index is 1.70. The highest BCUT2D eigenvalue weighted by molar-refractivity contribution is 6.35. The van der Waals surface area contributed by atoms with Crippen LogP contribution in [0.4, 0.5) is 0 Å². The molecule has 0 unspecified atom stereocenters. The minimum atomic E-state index is -0.514. The third-order valence-electron chi connectivity index (χ3n) is 4.32. The minimum Gasteiger partial charge on any atom is -0.345 e. The van der Waals surface area contributed by atoms with Crippen LogP contribution in [0.2, 0.25) is 0 Å². The van der Waals surface area contributed by atoms with Gasteiger partial charge in [-0.25, -0.2) is 0 Å². The Morgan fingerprint density at radius 1 is 1.30 bits per heavy atom. The van der Waals surface area contributed by atoms with Crippen LogP contribution >= 0.6 is 0 Å². The van der Waals surface area contributed by atoms with Crippen LogP contribution in [0.3, 0.4) is 0 Å². The van der Waals surface area contributed by atoms with E-state index in [1.165, 1.54) is 11.1 Å². The first-order chi connectivity index (χ1) is 9.56. The third-order valence-corrected chi connectivity index (χ3v) is 4.32. The standard InChI is InChI=1S/C16H24N2O2/c1-11(2)13-8-6-12(7-9-13)10-17-15(19)16(20)18-14-4-3-5-14/h6,13-14H,1,3-5,7-10H2,2H3,(H,17,19)(H,18,20)/t13-/m1/s1. The van der Waals surface area contributed by atoms with Gasteiger partial charge >= 0.3 is 11.8 Å². The molecular formula is C16H24N2O2. The van der Waals surface area contributed by atoms with E-state index in [0.717, 1.165) is 38.5 Å². The van der Waals surface area contributed by atoms with E-state index in [1.807, 2.05) is 0 Å². The van der Waals surface area contributed by atoms with Crippen molar-refractivity contribution in [1.82, 2.24) is 10.6 Å². The van der Waals surface area contributed by atoms with Crippen LogP contribution in [0, 0.1) is 5.92 Å².